The van der Waals surface area contributed by atoms with E-state index in [1.54, 1.807) is 38.4 Å². The highest BCUT2D eigenvalue weighted by atomic mass is 127. The van der Waals surface area contributed by atoms with Gasteiger partial charge in [0, 0.05) is 23.8 Å². The van der Waals surface area contributed by atoms with Crippen LogP contribution in [0.3, 0.4) is 0 Å². The number of hydrogen-bond donors (Lipinski definition) is 0. The van der Waals surface area contributed by atoms with Gasteiger partial charge in [-0.15, -0.1) is 0 Å². The highest BCUT2D eigenvalue weighted by molar-refractivity contribution is 14.1. The van der Waals surface area contributed by atoms with E-state index in [9.17, 15) is 4.79 Å². The van der Waals surface area contributed by atoms with Gasteiger partial charge in [0.2, 0.25) is 0 Å². The quantitative estimate of drug-likeness (QED) is 0.316. The average molecular weight is 438 g/mol. The van der Waals surface area contributed by atoms with Crippen LogP contribution in [0.1, 0.15) is 23.0 Å². The zero-order valence-electron chi connectivity index (χ0n) is 11.1. The van der Waals surface area contributed by atoms with Crippen LogP contribution in [0.5, 0.6) is 0 Å². The van der Waals surface area contributed by atoms with Crippen molar-refractivity contribution < 1.29 is 9.63 Å². The summed E-state index contributed by atoms with van der Waals surface area (Å²) in [5, 5.41) is 8.77. The predicted octanol–water partition coefficient (Wildman–Crippen LogP) is 3.91. The first-order valence-electron chi connectivity index (χ1n) is 5.79. The van der Waals surface area contributed by atoms with Crippen molar-refractivity contribution >= 4 is 57.5 Å². The Bertz CT molecular complexity index is 728. The second-order valence-corrected chi connectivity index (χ2v) is 6.18. The maximum atomic E-state index is 11.9. The summed E-state index contributed by atoms with van der Waals surface area (Å²) in [4.78, 5) is 16.8. The standard InChI is InChI=1S/C13H10Cl2IN3O2/c1-7(9-4-3-8(14)5-10(9)15)18-21-13(20)12-11(16)6-19(2)17-12/h3-6H,1-2H3/b18-7+. The lowest BCUT2D eigenvalue weighted by molar-refractivity contribution is 0.0507. The molecule has 2 aromatic rings. The molecule has 0 aliphatic carbocycles. The SMILES string of the molecule is C/C(=N\OC(=O)c1nn(C)cc1I)c1ccc(Cl)cc1Cl. The van der Waals surface area contributed by atoms with Gasteiger partial charge in [0.1, 0.15) is 0 Å². The Kier molecular flexibility index (Phi) is 5.23. The third kappa shape index (κ3) is 3.96. The van der Waals surface area contributed by atoms with E-state index >= 15 is 0 Å². The summed E-state index contributed by atoms with van der Waals surface area (Å²) in [6.45, 7) is 1.69. The number of hydrogen-bond acceptors (Lipinski definition) is 4. The van der Waals surface area contributed by atoms with E-state index in [4.69, 9.17) is 28.0 Å². The summed E-state index contributed by atoms with van der Waals surface area (Å²) in [5.74, 6) is -0.621. The van der Waals surface area contributed by atoms with Gasteiger partial charge in [-0.25, -0.2) is 4.79 Å². The zero-order chi connectivity index (χ0) is 15.6. The fourth-order valence-corrected chi connectivity index (χ4v) is 2.86. The molecule has 0 unspecified atom stereocenters. The molecule has 0 fully saturated rings. The summed E-state index contributed by atoms with van der Waals surface area (Å²) in [6, 6.07) is 4.99. The molecule has 1 aromatic carbocycles. The number of oxime groups is 1. The first-order valence-corrected chi connectivity index (χ1v) is 7.62. The molecule has 110 valence electrons. The molecule has 1 heterocycles. The van der Waals surface area contributed by atoms with Gasteiger partial charge < -0.3 is 4.84 Å². The summed E-state index contributed by atoms with van der Waals surface area (Å²) in [5.41, 5.74) is 1.33. The van der Waals surface area contributed by atoms with Gasteiger partial charge in [-0.3, -0.25) is 4.68 Å². The minimum atomic E-state index is -0.621. The first-order chi connectivity index (χ1) is 9.88. The van der Waals surface area contributed by atoms with Gasteiger partial charge in [0.05, 0.1) is 14.3 Å². The van der Waals surface area contributed by atoms with E-state index < -0.39 is 5.97 Å². The highest BCUT2D eigenvalue weighted by Gasteiger charge is 2.16. The van der Waals surface area contributed by atoms with Gasteiger partial charge >= 0.3 is 5.97 Å². The van der Waals surface area contributed by atoms with Crippen LogP contribution in [-0.2, 0) is 11.9 Å². The Hall–Kier alpha value is -1.12. The van der Waals surface area contributed by atoms with Crippen molar-refractivity contribution in [2.45, 2.75) is 6.92 Å². The van der Waals surface area contributed by atoms with Crippen molar-refractivity contribution in [3.63, 3.8) is 0 Å². The minimum absolute atomic E-state index is 0.219. The monoisotopic (exact) mass is 437 g/mol. The maximum absolute atomic E-state index is 11.9. The molecular weight excluding hydrogens is 428 g/mol. The molecule has 0 saturated heterocycles. The Balaban J connectivity index is 2.17. The number of aromatic nitrogens is 2. The van der Waals surface area contributed by atoms with Crippen molar-refractivity contribution in [1.82, 2.24) is 9.78 Å². The van der Waals surface area contributed by atoms with Crippen molar-refractivity contribution in [3.05, 3.63) is 49.3 Å². The lowest BCUT2D eigenvalue weighted by atomic mass is 10.1. The van der Waals surface area contributed by atoms with Crippen molar-refractivity contribution in [1.29, 1.82) is 0 Å². The van der Waals surface area contributed by atoms with Crippen molar-refractivity contribution in [2.75, 3.05) is 0 Å². The van der Waals surface area contributed by atoms with Gasteiger partial charge in [-0.2, -0.15) is 5.10 Å². The molecule has 2 rings (SSSR count). The second-order valence-electron chi connectivity index (χ2n) is 4.18. The third-order valence-corrected chi connectivity index (χ3v) is 3.90. The lowest BCUT2D eigenvalue weighted by Gasteiger charge is -2.03. The zero-order valence-corrected chi connectivity index (χ0v) is 14.8. The fraction of sp³-hybridized carbons (Fsp3) is 0.154. The lowest BCUT2D eigenvalue weighted by Crippen LogP contribution is -2.07. The maximum Gasteiger partial charge on any atom is 0.386 e. The van der Waals surface area contributed by atoms with Gasteiger partial charge in [-0.1, -0.05) is 34.4 Å². The number of benzene rings is 1. The van der Waals surface area contributed by atoms with E-state index in [0.29, 0.717) is 24.9 Å². The molecule has 0 radical (unpaired) electrons. The molecule has 0 aliphatic heterocycles. The second kappa shape index (κ2) is 6.76. The Morgan fingerprint density at radius 1 is 1.43 bits per heavy atom. The first kappa shape index (κ1) is 16.3. The normalized spacial score (nSPS) is 11.6. The number of carbonyl (C=O) groups excluding carboxylic acids is 1. The number of rotatable bonds is 3. The predicted molar refractivity (Wildman–Crippen MR) is 90.0 cm³/mol. The molecule has 8 heteroatoms. The molecule has 0 amide bonds. The fourth-order valence-electron chi connectivity index (χ4n) is 1.58. The van der Waals surface area contributed by atoms with Crippen LogP contribution in [0.4, 0.5) is 0 Å². The number of nitrogens with zero attached hydrogens (tertiary/aromatic N) is 3. The summed E-state index contributed by atoms with van der Waals surface area (Å²) >= 11 is 13.9. The highest BCUT2D eigenvalue weighted by Crippen LogP contribution is 2.21. The smallest absolute Gasteiger partial charge is 0.311 e. The summed E-state index contributed by atoms with van der Waals surface area (Å²) < 4.78 is 2.22. The van der Waals surface area contributed by atoms with E-state index in [-0.39, 0.29) is 5.69 Å². The van der Waals surface area contributed by atoms with Crippen LogP contribution >= 0.6 is 45.8 Å². The molecule has 0 bridgehead atoms. The summed E-state index contributed by atoms with van der Waals surface area (Å²) in [6.07, 6.45) is 1.71. The van der Waals surface area contributed by atoms with Crippen LogP contribution < -0.4 is 0 Å². The van der Waals surface area contributed by atoms with Crippen molar-refractivity contribution in [2.24, 2.45) is 12.2 Å². The van der Waals surface area contributed by atoms with Gasteiger partial charge in [0.15, 0.2) is 5.69 Å². The molecule has 0 saturated carbocycles. The van der Waals surface area contributed by atoms with Crippen molar-refractivity contribution in [3.8, 4) is 0 Å². The minimum Gasteiger partial charge on any atom is -0.311 e. The molecule has 1 aromatic heterocycles. The molecule has 0 N–H and O–H groups in total. The molecule has 5 nitrogen and oxygen atoms in total. The Morgan fingerprint density at radius 2 is 2.14 bits per heavy atom. The van der Waals surface area contributed by atoms with E-state index in [0.717, 1.165) is 0 Å². The number of halogens is 3. The number of carbonyl (C=O) groups is 1. The van der Waals surface area contributed by atoms with E-state index in [1.165, 1.54) is 4.68 Å². The summed E-state index contributed by atoms with van der Waals surface area (Å²) in [7, 11) is 1.72. The molecule has 21 heavy (non-hydrogen) atoms. The molecular formula is C13H10Cl2IN3O2. The van der Waals surface area contributed by atoms with E-state index in [1.807, 2.05) is 22.6 Å². The molecule has 0 aliphatic rings. The van der Waals surface area contributed by atoms with Crippen LogP contribution in [0.15, 0.2) is 29.6 Å². The van der Waals surface area contributed by atoms with Crippen LogP contribution in [0, 0.1) is 3.57 Å². The average Bonchev–Trinajstić information content (AvgIpc) is 2.74. The Labute approximate surface area is 145 Å². The molecule has 0 atom stereocenters. The van der Waals surface area contributed by atoms with Crippen LogP contribution in [0.2, 0.25) is 10.0 Å². The van der Waals surface area contributed by atoms with Gasteiger partial charge in [-0.05, 0) is 41.6 Å². The number of aryl methyl sites for hydroxylation is 1. The molecule has 0 spiro atoms. The third-order valence-electron chi connectivity index (χ3n) is 2.56. The van der Waals surface area contributed by atoms with E-state index in [2.05, 4.69) is 10.3 Å². The Morgan fingerprint density at radius 3 is 2.71 bits per heavy atom. The van der Waals surface area contributed by atoms with Gasteiger partial charge in [0.25, 0.3) is 0 Å². The van der Waals surface area contributed by atoms with Crippen LogP contribution in [-0.4, -0.2) is 21.5 Å². The largest absolute Gasteiger partial charge is 0.386 e. The van der Waals surface area contributed by atoms with Crippen LogP contribution in [0.25, 0.3) is 0 Å². The topological polar surface area (TPSA) is 56.5 Å².